The molecular formula is C20H24FNO4S. The average Bonchev–Trinajstić information content (AvgIpc) is 2.51. The van der Waals surface area contributed by atoms with E-state index in [0.29, 0.717) is 5.56 Å². The van der Waals surface area contributed by atoms with E-state index in [9.17, 15) is 17.6 Å². The molecule has 27 heavy (non-hydrogen) atoms. The highest BCUT2D eigenvalue weighted by Gasteiger charge is 2.19. The molecule has 0 aromatic heterocycles. The van der Waals surface area contributed by atoms with Crippen LogP contribution in [0.5, 0.6) is 0 Å². The van der Waals surface area contributed by atoms with E-state index in [1.54, 1.807) is 13.0 Å². The van der Waals surface area contributed by atoms with Crippen LogP contribution >= 0.6 is 0 Å². The number of hydrogen-bond donors (Lipinski definition) is 2. The third kappa shape index (κ3) is 5.53. The maximum atomic E-state index is 13.8. The van der Waals surface area contributed by atoms with Crippen LogP contribution in [0.25, 0.3) is 0 Å². The van der Waals surface area contributed by atoms with Gasteiger partial charge in [0.2, 0.25) is 0 Å². The molecule has 0 aliphatic carbocycles. The highest BCUT2D eigenvalue weighted by Crippen LogP contribution is 2.25. The minimum atomic E-state index is -3.92. The molecule has 2 aromatic carbocycles. The van der Waals surface area contributed by atoms with E-state index in [0.717, 1.165) is 30.5 Å². The molecule has 0 fully saturated rings. The van der Waals surface area contributed by atoms with Crippen LogP contribution in [0, 0.1) is 18.2 Å². The fraction of sp³-hybridized carbons (Fsp3) is 0.350. The average molecular weight is 393 g/mol. The Morgan fingerprint density at radius 1 is 1.15 bits per heavy atom. The molecule has 0 aliphatic rings. The summed E-state index contributed by atoms with van der Waals surface area (Å²) < 4.78 is 41.3. The number of anilines is 1. The van der Waals surface area contributed by atoms with Gasteiger partial charge in [-0.15, -0.1) is 0 Å². The molecule has 0 atom stereocenters. The van der Waals surface area contributed by atoms with E-state index >= 15 is 0 Å². The second-order valence-corrected chi connectivity index (χ2v) is 9.42. The Morgan fingerprint density at radius 3 is 2.33 bits per heavy atom. The highest BCUT2D eigenvalue weighted by atomic mass is 32.2. The maximum absolute atomic E-state index is 13.8. The van der Waals surface area contributed by atoms with Crippen molar-refractivity contribution in [3.63, 3.8) is 0 Å². The summed E-state index contributed by atoms with van der Waals surface area (Å²) >= 11 is 0. The largest absolute Gasteiger partial charge is 0.478 e. The fourth-order valence-electron chi connectivity index (χ4n) is 2.65. The zero-order valence-corrected chi connectivity index (χ0v) is 16.7. The van der Waals surface area contributed by atoms with Gasteiger partial charge in [0.05, 0.1) is 16.1 Å². The number of hydrogen-bond acceptors (Lipinski definition) is 3. The number of carbonyl (C=O) groups is 1. The first kappa shape index (κ1) is 20.9. The van der Waals surface area contributed by atoms with Gasteiger partial charge in [0, 0.05) is 0 Å². The third-order valence-corrected chi connectivity index (χ3v) is 5.69. The molecule has 0 heterocycles. The Bertz CT molecular complexity index is 962. The monoisotopic (exact) mass is 393 g/mol. The van der Waals surface area contributed by atoms with Crippen molar-refractivity contribution in [2.75, 3.05) is 4.72 Å². The van der Waals surface area contributed by atoms with Crippen molar-refractivity contribution >= 4 is 21.7 Å². The Labute approximate surface area is 159 Å². The lowest BCUT2D eigenvalue weighted by Crippen LogP contribution is -2.15. The van der Waals surface area contributed by atoms with Gasteiger partial charge in [-0.25, -0.2) is 17.6 Å². The SMILES string of the molecule is Cc1cc(CCC(C)(C)C)ccc1S(=O)(=O)Nc1ccc(C(=O)O)c(F)c1. The first-order chi connectivity index (χ1) is 12.4. The van der Waals surface area contributed by atoms with Crippen LogP contribution < -0.4 is 4.72 Å². The number of carboxylic acids is 1. The number of sulfonamides is 1. The molecule has 2 aromatic rings. The van der Waals surface area contributed by atoms with Crippen LogP contribution in [0.3, 0.4) is 0 Å². The minimum absolute atomic E-state index is 0.0336. The Hall–Kier alpha value is -2.41. The number of nitrogens with one attached hydrogen (secondary N) is 1. The predicted octanol–water partition coefficient (Wildman–Crippen LogP) is 4.61. The van der Waals surface area contributed by atoms with Crippen LogP contribution in [0.4, 0.5) is 10.1 Å². The van der Waals surface area contributed by atoms with Gasteiger partial charge in [0.1, 0.15) is 5.82 Å². The molecule has 2 N–H and O–H groups in total. The van der Waals surface area contributed by atoms with E-state index in [-0.39, 0.29) is 16.0 Å². The number of aryl methyl sites for hydroxylation is 2. The van der Waals surface area contributed by atoms with Gasteiger partial charge in [-0.3, -0.25) is 4.72 Å². The quantitative estimate of drug-likeness (QED) is 0.751. The summed E-state index contributed by atoms with van der Waals surface area (Å²) in [4.78, 5) is 11.0. The van der Waals surface area contributed by atoms with Crippen molar-refractivity contribution in [1.82, 2.24) is 0 Å². The fourth-order valence-corrected chi connectivity index (χ4v) is 3.93. The molecule has 7 heteroatoms. The van der Waals surface area contributed by atoms with Crippen LogP contribution in [-0.2, 0) is 16.4 Å². The van der Waals surface area contributed by atoms with Crippen LogP contribution in [0.2, 0.25) is 0 Å². The zero-order valence-electron chi connectivity index (χ0n) is 15.8. The molecule has 5 nitrogen and oxygen atoms in total. The van der Waals surface area contributed by atoms with E-state index in [1.165, 1.54) is 12.1 Å². The molecule has 0 amide bonds. The van der Waals surface area contributed by atoms with Gasteiger partial charge >= 0.3 is 5.97 Å². The smallest absolute Gasteiger partial charge is 0.338 e. The van der Waals surface area contributed by atoms with Gasteiger partial charge in [-0.05, 0) is 60.6 Å². The van der Waals surface area contributed by atoms with Crippen molar-refractivity contribution in [3.8, 4) is 0 Å². The summed E-state index contributed by atoms with van der Waals surface area (Å²) in [5, 5.41) is 8.84. The number of aromatic carboxylic acids is 1. The summed E-state index contributed by atoms with van der Waals surface area (Å²) in [6.45, 7) is 8.16. The molecule has 0 saturated carbocycles. The van der Waals surface area contributed by atoms with Crippen molar-refractivity contribution in [2.45, 2.75) is 45.4 Å². The normalized spacial score (nSPS) is 12.0. The first-order valence-electron chi connectivity index (χ1n) is 8.54. The summed E-state index contributed by atoms with van der Waals surface area (Å²) in [5.74, 6) is -2.42. The van der Waals surface area contributed by atoms with Crippen molar-refractivity contribution in [2.24, 2.45) is 5.41 Å². The van der Waals surface area contributed by atoms with Gasteiger partial charge in [0.25, 0.3) is 10.0 Å². The Kier molecular flexibility index (Phi) is 5.94. The van der Waals surface area contributed by atoms with Crippen LogP contribution in [0.1, 0.15) is 48.7 Å². The molecule has 0 aliphatic heterocycles. The van der Waals surface area contributed by atoms with Crippen molar-refractivity contribution in [3.05, 3.63) is 58.9 Å². The van der Waals surface area contributed by atoms with Gasteiger partial charge < -0.3 is 5.11 Å². The van der Waals surface area contributed by atoms with Gasteiger partial charge in [-0.2, -0.15) is 0 Å². The molecule has 0 bridgehead atoms. The molecular weight excluding hydrogens is 369 g/mol. The first-order valence-corrected chi connectivity index (χ1v) is 10.0. The van der Waals surface area contributed by atoms with Crippen LogP contribution in [-0.4, -0.2) is 19.5 Å². The van der Waals surface area contributed by atoms with E-state index in [1.807, 2.05) is 6.07 Å². The Balaban J connectivity index is 2.24. The summed E-state index contributed by atoms with van der Waals surface area (Å²) in [6, 6.07) is 8.26. The zero-order chi connectivity index (χ0) is 20.4. The van der Waals surface area contributed by atoms with Crippen molar-refractivity contribution in [1.29, 1.82) is 0 Å². The standard InChI is InChI=1S/C20H24FNO4S/c1-13-11-14(9-10-20(2,3)4)5-8-18(13)27(25,26)22-15-6-7-16(19(23)24)17(21)12-15/h5-8,11-12,22H,9-10H2,1-4H3,(H,23,24). The lowest BCUT2D eigenvalue weighted by molar-refractivity contribution is 0.0692. The predicted molar refractivity (Wildman–Crippen MR) is 103 cm³/mol. The topological polar surface area (TPSA) is 83.5 Å². The maximum Gasteiger partial charge on any atom is 0.338 e. The number of halogens is 1. The molecule has 0 saturated heterocycles. The second-order valence-electron chi connectivity index (χ2n) is 7.77. The van der Waals surface area contributed by atoms with E-state index in [4.69, 9.17) is 5.11 Å². The minimum Gasteiger partial charge on any atom is -0.478 e. The summed E-state index contributed by atoms with van der Waals surface area (Å²) in [6.07, 6.45) is 1.83. The second kappa shape index (κ2) is 7.68. The Morgan fingerprint density at radius 2 is 1.81 bits per heavy atom. The highest BCUT2D eigenvalue weighted by molar-refractivity contribution is 7.92. The number of benzene rings is 2. The summed E-state index contributed by atoms with van der Waals surface area (Å²) in [7, 11) is -3.92. The lowest BCUT2D eigenvalue weighted by Gasteiger charge is -2.18. The van der Waals surface area contributed by atoms with Gasteiger partial charge in [-0.1, -0.05) is 32.9 Å². The van der Waals surface area contributed by atoms with E-state index in [2.05, 4.69) is 25.5 Å². The molecule has 0 radical (unpaired) electrons. The van der Waals surface area contributed by atoms with Crippen LogP contribution in [0.15, 0.2) is 41.3 Å². The number of rotatable bonds is 6. The molecule has 0 unspecified atom stereocenters. The summed E-state index contributed by atoms with van der Waals surface area (Å²) in [5.41, 5.74) is 1.28. The van der Waals surface area contributed by atoms with Crippen molar-refractivity contribution < 1.29 is 22.7 Å². The number of carboxylic acid groups (broad SMARTS) is 1. The van der Waals surface area contributed by atoms with E-state index < -0.39 is 27.4 Å². The molecule has 146 valence electrons. The third-order valence-electron chi connectivity index (χ3n) is 4.14. The molecule has 2 rings (SSSR count). The lowest BCUT2D eigenvalue weighted by atomic mass is 9.88. The molecule has 0 spiro atoms. The van der Waals surface area contributed by atoms with Gasteiger partial charge in [0.15, 0.2) is 0 Å².